The summed E-state index contributed by atoms with van der Waals surface area (Å²) in [5.41, 5.74) is 3.42. The van der Waals surface area contributed by atoms with Crippen LogP contribution in [0.3, 0.4) is 0 Å². The highest BCUT2D eigenvalue weighted by atomic mass is 35.5. The monoisotopic (exact) mass is 246 g/mol. The lowest BCUT2D eigenvalue weighted by atomic mass is 10.0. The fourth-order valence-corrected chi connectivity index (χ4v) is 1.88. The lowest BCUT2D eigenvalue weighted by Gasteiger charge is -2.06. The zero-order valence-corrected chi connectivity index (χ0v) is 10.5. The number of hydrogen-bond acceptors (Lipinski definition) is 1. The molecule has 0 saturated carbocycles. The van der Waals surface area contributed by atoms with Crippen LogP contribution >= 0.6 is 11.6 Å². The zero-order valence-electron chi connectivity index (χ0n) is 9.73. The minimum atomic E-state index is -0.403. The van der Waals surface area contributed by atoms with Gasteiger partial charge in [-0.05, 0) is 42.2 Å². The molecule has 0 amide bonds. The van der Waals surface area contributed by atoms with Gasteiger partial charge in [0.05, 0.1) is 6.10 Å². The second-order valence-electron chi connectivity index (χ2n) is 4.22. The average molecular weight is 247 g/mol. The van der Waals surface area contributed by atoms with Gasteiger partial charge in [-0.2, -0.15) is 0 Å². The molecule has 2 rings (SSSR count). The van der Waals surface area contributed by atoms with Gasteiger partial charge in [0.25, 0.3) is 0 Å². The van der Waals surface area contributed by atoms with Crippen LogP contribution in [-0.4, -0.2) is 5.11 Å². The summed E-state index contributed by atoms with van der Waals surface area (Å²) in [6, 6.07) is 15.9. The summed E-state index contributed by atoms with van der Waals surface area (Å²) in [7, 11) is 0. The molecule has 0 radical (unpaired) electrons. The molecule has 0 aliphatic carbocycles. The summed E-state index contributed by atoms with van der Waals surface area (Å²) < 4.78 is 0. The smallest absolute Gasteiger partial charge is 0.0761 e. The van der Waals surface area contributed by atoms with Crippen LogP contribution in [0.25, 0.3) is 0 Å². The second-order valence-corrected chi connectivity index (χ2v) is 4.66. The van der Waals surface area contributed by atoms with Crippen molar-refractivity contribution in [3.05, 3.63) is 70.2 Å². The Morgan fingerprint density at radius 2 is 1.41 bits per heavy atom. The molecule has 1 N–H and O–H groups in total. The lowest BCUT2D eigenvalue weighted by molar-refractivity contribution is 0.199. The van der Waals surface area contributed by atoms with Gasteiger partial charge in [0, 0.05) is 5.02 Å². The minimum Gasteiger partial charge on any atom is -0.389 e. The van der Waals surface area contributed by atoms with E-state index in [2.05, 4.69) is 12.1 Å². The van der Waals surface area contributed by atoms with Crippen molar-refractivity contribution in [2.45, 2.75) is 19.4 Å². The van der Waals surface area contributed by atoms with Gasteiger partial charge in [0.2, 0.25) is 0 Å². The normalized spacial score (nSPS) is 12.4. The molecule has 0 saturated heterocycles. The van der Waals surface area contributed by atoms with Gasteiger partial charge in [-0.3, -0.25) is 0 Å². The standard InChI is InChI=1S/C15H15ClO/c1-11(17)14-6-2-12(3-7-14)10-13-4-8-15(16)9-5-13/h2-9,11,17H,10H2,1H3. The van der Waals surface area contributed by atoms with Crippen molar-refractivity contribution in [2.75, 3.05) is 0 Å². The lowest BCUT2D eigenvalue weighted by Crippen LogP contribution is -1.92. The van der Waals surface area contributed by atoms with Gasteiger partial charge in [0.15, 0.2) is 0 Å². The maximum Gasteiger partial charge on any atom is 0.0761 e. The molecule has 2 aromatic carbocycles. The van der Waals surface area contributed by atoms with Crippen LogP contribution in [0.4, 0.5) is 0 Å². The van der Waals surface area contributed by atoms with Crippen molar-refractivity contribution >= 4 is 11.6 Å². The van der Waals surface area contributed by atoms with Gasteiger partial charge in [-0.15, -0.1) is 0 Å². The fraction of sp³-hybridized carbons (Fsp3) is 0.200. The highest BCUT2D eigenvalue weighted by molar-refractivity contribution is 6.30. The summed E-state index contributed by atoms with van der Waals surface area (Å²) in [4.78, 5) is 0. The Hall–Kier alpha value is -1.31. The fourth-order valence-electron chi connectivity index (χ4n) is 1.75. The molecule has 2 aromatic rings. The Balaban J connectivity index is 2.11. The van der Waals surface area contributed by atoms with E-state index in [1.165, 1.54) is 11.1 Å². The van der Waals surface area contributed by atoms with E-state index in [1.807, 2.05) is 36.4 Å². The number of hydrogen-bond donors (Lipinski definition) is 1. The minimum absolute atomic E-state index is 0.403. The molecule has 0 aliphatic rings. The third-order valence-electron chi connectivity index (χ3n) is 2.78. The Kier molecular flexibility index (Phi) is 3.82. The van der Waals surface area contributed by atoms with Gasteiger partial charge in [0.1, 0.15) is 0 Å². The molecule has 1 nitrogen and oxygen atoms in total. The first kappa shape index (κ1) is 12.2. The van der Waals surface area contributed by atoms with Gasteiger partial charge >= 0.3 is 0 Å². The predicted octanol–water partition coefficient (Wildman–Crippen LogP) is 3.98. The molecule has 2 heteroatoms. The Morgan fingerprint density at radius 3 is 1.88 bits per heavy atom. The molecule has 0 aliphatic heterocycles. The predicted molar refractivity (Wildman–Crippen MR) is 71.3 cm³/mol. The number of aliphatic hydroxyl groups excluding tert-OH is 1. The van der Waals surface area contributed by atoms with E-state index in [-0.39, 0.29) is 0 Å². The maximum atomic E-state index is 9.42. The van der Waals surface area contributed by atoms with E-state index >= 15 is 0 Å². The first-order valence-corrected chi connectivity index (χ1v) is 6.04. The molecule has 1 unspecified atom stereocenters. The van der Waals surface area contributed by atoms with Crippen molar-refractivity contribution in [2.24, 2.45) is 0 Å². The van der Waals surface area contributed by atoms with Crippen LogP contribution in [-0.2, 0) is 6.42 Å². The van der Waals surface area contributed by atoms with E-state index in [0.29, 0.717) is 0 Å². The first-order valence-electron chi connectivity index (χ1n) is 5.66. The summed E-state index contributed by atoms with van der Waals surface area (Å²) >= 11 is 5.84. The molecular weight excluding hydrogens is 232 g/mol. The van der Waals surface area contributed by atoms with Gasteiger partial charge in [-0.1, -0.05) is 48.0 Å². The van der Waals surface area contributed by atoms with Crippen molar-refractivity contribution in [1.29, 1.82) is 0 Å². The third kappa shape index (κ3) is 3.32. The molecule has 1 atom stereocenters. The molecule has 0 spiro atoms. The highest BCUT2D eigenvalue weighted by Gasteiger charge is 2.01. The van der Waals surface area contributed by atoms with E-state index in [0.717, 1.165) is 17.0 Å². The SMILES string of the molecule is CC(O)c1ccc(Cc2ccc(Cl)cc2)cc1. The van der Waals surface area contributed by atoms with E-state index < -0.39 is 6.10 Å². The maximum absolute atomic E-state index is 9.42. The molecule has 0 fully saturated rings. The van der Waals surface area contributed by atoms with Gasteiger partial charge in [-0.25, -0.2) is 0 Å². The van der Waals surface area contributed by atoms with Crippen LogP contribution in [0.5, 0.6) is 0 Å². The van der Waals surface area contributed by atoms with Gasteiger partial charge < -0.3 is 5.11 Å². The summed E-state index contributed by atoms with van der Waals surface area (Å²) in [6.07, 6.45) is 0.483. The zero-order chi connectivity index (χ0) is 12.3. The van der Waals surface area contributed by atoms with Crippen LogP contribution in [0.15, 0.2) is 48.5 Å². The molecule has 0 heterocycles. The summed E-state index contributed by atoms with van der Waals surface area (Å²) in [6.45, 7) is 1.77. The first-order chi connectivity index (χ1) is 8.15. The van der Waals surface area contributed by atoms with Crippen LogP contribution in [0.2, 0.25) is 5.02 Å². The van der Waals surface area contributed by atoms with Crippen molar-refractivity contribution in [1.82, 2.24) is 0 Å². The third-order valence-corrected chi connectivity index (χ3v) is 3.04. The van der Waals surface area contributed by atoms with Crippen LogP contribution in [0, 0.1) is 0 Å². The molecular formula is C15H15ClO. The largest absolute Gasteiger partial charge is 0.389 e. The Morgan fingerprint density at radius 1 is 0.941 bits per heavy atom. The molecule has 0 bridgehead atoms. The number of benzene rings is 2. The van der Waals surface area contributed by atoms with Crippen molar-refractivity contribution in [3.63, 3.8) is 0 Å². The highest BCUT2D eigenvalue weighted by Crippen LogP contribution is 2.16. The van der Waals surface area contributed by atoms with E-state index in [9.17, 15) is 5.11 Å². The molecule has 88 valence electrons. The number of halogens is 1. The summed E-state index contributed by atoms with van der Waals surface area (Å²) in [5, 5.41) is 10.2. The van der Waals surface area contributed by atoms with Crippen LogP contribution in [0.1, 0.15) is 29.7 Å². The van der Waals surface area contributed by atoms with E-state index in [1.54, 1.807) is 6.92 Å². The number of aliphatic hydroxyl groups is 1. The quantitative estimate of drug-likeness (QED) is 0.869. The average Bonchev–Trinajstić information content (AvgIpc) is 2.33. The molecule has 0 aromatic heterocycles. The van der Waals surface area contributed by atoms with Crippen molar-refractivity contribution in [3.8, 4) is 0 Å². The Labute approximate surface area is 107 Å². The second kappa shape index (κ2) is 5.35. The Bertz CT molecular complexity index is 471. The van der Waals surface area contributed by atoms with Crippen LogP contribution < -0.4 is 0 Å². The summed E-state index contributed by atoms with van der Waals surface area (Å²) in [5.74, 6) is 0. The topological polar surface area (TPSA) is 20.2 Å². The number of rotatable bonds is 3. The van der Waals surface area contributed by atoms with Crippen molar-refractivity contribution < 1.29 is 5.11 Å². The molecule has 17 heavy (non-hydrogen) atoms. The van der Waals surface area contributed by atoms with E-state index in [4.69, 9.17) is 11.6 Å².